The third-order valence-electron chi connectivity index (χ3n) is 3.46. The second-order valence-corrected chi connectivity index (χ2v) is 5.59. The van der Waals surface area contributed by atoms with Crippen molar-refractivity contribution in [1.82, 2.24) is 0 Å². The summed E-state index contributed by atoms with van der Waals surface area (Å²) in [4.78, 5) is 0. The summed E-state index contributed by atoms with van der Waals surface area (Å²) in [6.07, 6.45) is 4.88. The van der Waals surface area contributed by atoms with Crippen LogP contribution in [0.4, 0.5) is 4.39 Å². The largest absolute Gasteiger partial charge is 0.372 e. The van der Waals surface area contributed by atoms with E-state index in [9.17, 15) is 4.39 Å². The molecule has 0 radical (unpaired) electrons. The van der Waals surface area contributed by atoms with Crippen molar-refractivity contribution in [3.8, 4) is 0 Å². The average molecular weight is 331 g/mol. The van der Waals surface area contributed by atoms with Crippen LogP contribution in [0.2, 0.25) is 0 Å². The number of ether oxygens (including phenoxy) is 1. The summed E-state index contributed by atoms with van der Waals surface area (Å²) >= 11 is 3.48. The lowest BCUT2D eigenvalue weighted by Gasteiger charge is -2.20. The standard InChI is InChI=1S/C16H24BrFO/c1-3-5-6-13(4-2)12-19-16(11-17)14-7-9-15(18)10-8-14/h7-10,13,16H,3-6,11-12H2,1-2H3. The van der Waals surface area contributed by atoms with Crippen molar-refractivity contribution in [2.75, 3.05) is 11.9 Å². The predicted molar refractivity (Wildman–Crippen MR) is 82.2 cm³/mol. The fraction of sp³-hybridized carbons (Fsp3) is 0.625. The lowest BCUT2D eigenvalue weighted by atomic mass is 10.0. The third-order valence-corrected chi connectivity index (χ3v) is 4.05. The minimum absolute atomic E-state index is 0.0104. The van der Waals surface area contributed by atoms with Gasteiger partial charge in [0.1, 0.15) is 5.82 Å². The van der Waals surface area contributed by atoms with Crippen molar-refractivity contribution in [3.05, 3.63) is 35.6 Å². The van der Waals surface area contributed by atoms with Crippen molar-refractivity contribution in [1.29, 1.82) is 0 Å². The first kappa shape index (κ1) is 16.6. The molecular weight excluding hydrogens is 307 g/mol. The van der Waals surface area contributed by atoms with Gasteiger partial charge in [0, 0.05) is 5.33 Å². The molecule has 0 saturated carbocycles. The normalized spacial score (nSPS) is 14.3. The molecule has 0 aliphatic carbocycles. The summed E-state index contributed by atoms with van der Waals surface area (Å²) < 4.78 is 18.9. The van der Waals surface area contributed by atoms with E-state index in [0.717, 1.165) is 23.9 Å². The van der Waals surface area contributed by atoms with Crippen LogP contribution in [-0.2, 0) is 4.74 Å². The van der Waals surface area contributed by atoms with Crippen LogP contribution in [0.15, 0.2) is 24.3 Å². The zero-order valence-corrected chi connectivity index (χ0v) is 13.5. The van der Waals surface area contributed by atoms with Crippen LogP contribution < -0.4 is 0 Å². The molecule has 0 aromatic heterocycles. The Labute approximate surface area is 124 Å². The van der Waals surface area contributed by atoms with Gasteiger partial charge in [-0.1, -0.05) is 61.2 Å². The summed E-state index contributed by atoms with van der Waals surface area (Å²) in [5.74, 6) is 0.424. The van der Waals surface area contributed by atoms with E-state index in [1.807, 2.05) is 0 Å². The molecule has 1 aromatic carbocycles. The number of benzene rings is 1. The van der Waals surface area contributed by atoms with Gasteiger partial charge in [-0.05, 0) is 30.0 Å². The molecule has 3 heteroatoms. The van der Waals surface area contributed by atoms with Gasteiger partial charge in [0.25, 0.3) is 0 Å². The Kier molecular flexibility index (Phi) is 8.31. The molecule has 0 fully saturated rings. The SMILES string of the molecule is CCCCC(CC)COC(CBr)c1ccc(F)cc1. The lowest BCUT2D eigenvalue weighted by molar-refractivity contribution is 0.0393. The molecule has 0 amide bonds. The Balaban J connectivity index is 2.49. The maximum Gasteiger partial charge on any atom is 0.123 e. The number of unbranched alkanes of at least 4 members (excludes halogenated alkanes) is 1. The molecule has 0 aliphatic rings. The van der Waals surface area contributed by atoms with Crippen LogP contribution >= 0.6 is 15.9 Å². The first-order chi connectivity index (χ1) is 9.21. The van der Waals surface area contributed by atoms with Crippen molar-refractivity contribution >= 4 is 15.9 Å². The molecule has 0 aliphatic heterocycles. The zero-order valence-electron chi connectivity index (χ0n) is 11.9. The smallest absolute Gasteiger partial charge is 0.123 e. The fourth-order valence-electron chi connectivity index (χ4n) is 2.06. The van der Waals surface area contributed by atoms with Crippen molar-refractivity contribution in [2.24, 2.45) is 5.92 Å². The van der Waals surface area contributed by atoms with Crippen LogP contribution in [0.3, 0.4) is 0 Å². The molecule has 0 bridgehead atoms. The molecule has 0 saturated heterocycles. The van der Waals surface area contributed by atoms with Crippen molar-refractivity contribution in [2.45, 2.75) is 45.6 Å². The van der Waals surface area contributed by atoms with Gasteiger partial charge in [0.15, 0.2) is 0 Å². The second kappa shape index (κ2) is 9.49. The second-order valence-electron chi connectivity index (χ2n) is 4.94. The molecular formula is C16H24BrFO. The Morgan fingerprint density at radius 2 is 1.89 bits per heavy atom. The summed E-state index contributed by atoms with van der Waals surface area (Å²) in [7, 11) is 0. The van der Waals surface area contributed by atoms with Gasteiger partial charge in [-0.3, -0.25) is 0 Å². The number of hydrogen-bond acceptors (Lipinski definition) is 1. The van der Waals surface area contributed by atoms with Gasteiger partial charge < -0.3 is 4.74 Å². The maximum atomic E-state index is 12.9. The molecule has 2 unspecified atom stereocenters. The molecule has 0 N–H and O–H groups in total. The quantitative estimate of drug-likeness (QED) is 0.543. The average Bonchev–Trinajstić information content (AvgIpc) is 2.44. The molecule has 1 rings (SSSR count). The highest BCUT2D eigenvalue weighted by Gasteiger charge is 2.14. The maximum absolute atomic E-state index is 12.9. The summed E-state index contributed by atoms with van der Waals surface area (Å²) in [5, 5.41) is 0.739. The molecule has 0 spiro atoms. The van der Waals surface area contributed by atoms with Gasteiger partial charge in [0.2, 0.25) is 0 Å². The van der Waals surface area contributed by atoms with Crippen LogP contribution in [0.25, 0.3) is 0 Å². The number of halogens is 2. The zero-order chi connectivity index (χ0) is 14.1. The highest BCUT2D eigenvalue weighted by atomic mass is 79.9. The molecule has 2 atom stereocenters. The summed E-state index contributed by atoms with van der Waals surface area (Å²) in [5.41, 5.74) is 1.03. The fourth-order valence-corrected chi connectivity index (χ4v) is 2.62. The molecule has 1 aromatic rings. The Bertz CT molecular complexity index is 339. The van der Waals surface area contributed by atoms with Crippen LogP contribution in [0.1, 0.15) is 51.2 Å². The van der Waals surface area contributed by atoms with E-state index in [1.165, 1.54) is 31.4 Å². The highest BCUT2D eigenvalue weighted by molar-refractivity contribution is 9.09. The Morgan fingerprint density at radius 3 is 2.42 bits per heavy atom. The number of hydrogen-bond donors (Lipinski definition) is 0. The summed E-state index contributed by atoms with van der Waals surface area (Å²) in [6.45, 7) is 5.21. The third kappa shape index (κ3) is 6.05. The van der Waals surface area contributed by atoms with E-state index in [1.54, 1.807) is 12.1 Å². The van der Waals surface area contributed by atoms with Gasteiger partial charge in [-0.25, -0.2) is 4.39 Å². The van der Waals surface area contributed by atoms with Crippen LogP contribution in [0, 0.1) is 11.7 Å². The number of rotatable bonds is 9. The molecule has 1 nitrogen and oxygen atoms in total. The van der Waals surface area contributed by atoms with Gasteiger partial charge in [-0.15, -0.1) is 0 Å². The minimum Gasteiger partial charge on any atom is -0.372 e. The first-order valence-corrected chi connectivity index (χ1v) is 8.26. The van der Waals surface area contributed by atoms with Crippen LogP contribution in [-0.4, -0.2) is 11.9 Å². The van der Waals surface area contributed by atoms with E-state index in [0.29, 0.717) is 5.92 Å². The predicted octanol–water partition coefficient (Wildman–Crippen LogP) is 5.49. The van der Waals surface area contributed by atoms with Crippen molar-refractivity contribution in [3.63, 3.8) is 0 Å². The van der Waals surface area contributed by atoms with E-state index in [2.05, 4.69) is 29.8 Å². The van der Waals surface area contributed by atoms with Gasteiger partial charge in [0.05, 0.1) is 12.7 Å². The van der Waals surface area contributed by atoms with E-state index >= 15 is 0 Å². The lowest BCUT2D eigenvalue weighted by Crippen LogP contribution is -2.14. The van der Waals surface area contributed by atoms with Gasteiger partial charge >= 0.3 is 0 Å². The monoisotopic (exact) mass is 330 g/mol. The molecule has 108 valence electrons. The van der Waals surface area contributed by atoms with E-state index in [-0.39, 0.29) is 11.9 Å². The summed E-state index contributed by atoms with van der Waals surface area (Å²) in [6, 6.07) is 6.58. The first-order valence-electron chi connectivity index (χ1n) is 7.14. The van der Waals surface area contributed by atoms with Gasteiger partial charge in [-0.2, -0.15) is 0 Å². The minimum atomic E-state index is -0.202. The number of alkyl halides is 1. The van der Waals surface area contributed by atoms with Crippen molar-refractivity contribution < 1.29 is 9.13 Å². The van der Waals surface area contributed by atoms with E-state index < -0.39 is 0 Å². The Morgan fingerprint density at radius 1 is 1.21 bits per heavy atom. The molecule has 0 heterocycles. The topological polar surface area (TPSA) is 9.23 Å². The highest BCUT2D eigenvalue weighted by Crippen LogP contribution is 2.23. The van der Waals surface area contributed by atoms with E-state index in [4.69, 9.17) is 4.74 Å². The Hall–Kier alpha value is -0.410. The molecule has 19 heavy (non-hydrogen) atoms. The van der Waals surface area contributed by atoms with Crippen LogP contribution in [0.5, 0.6) is 0 Å².